The molecule has 0 radical (unpaired) electrons. The fourth-order valence-corrected chi connectivity index (χ4v) is 4.12. The molecule has 3 heteroatoms. The van der Waals surface area contributed by atoms with E-state index in [1.54, 1.807) is 0 Å². The van der Waals surface area contributed by atoms with Gasteiger partial charge in [-0.1, -0.05) is 55.8 Å². The summed E-state index contributed by atoms with van der Waals surface area (Å²) < 4.78 is 2.25. The van der Waals surface area contributed by atoms with Crippen LogP contribution >= 0.6 is 0 Å². The van der Waals surface area contributed by atoms with Gasteiger partial charge in [0.25, 0.3) is 5.91 Å². The van der Waals surface area contributed by atoms with Gasteiger partial charge in [0.2, 0.25) is 0 Å². The largest absolute Gasteiger partial charge is 0.336 e. The molecule has 2 aromatic carbocycles. The summed E-state index contributed by atoms with van der Waals surface area (Å²) in [7, 11) is 0. The van der Waals surface area contributed by atoms with Crippen LogP contribution in [0, 0.1) is 6.92 Å². The van der Waals surface area contributed by atoms with Crippen molar-refractivity contribution in [3.05, 3.63) is 70.9 Å². The van der Waals surface area contributed by atoms with Gasteiger partial charge in [0.15, 0.2) is 0 Å². The Morgan fingerprint density at radius 1 is 1.04 bits per heavy atom. The summed E-state index contributed by atoms with van der Waals surface area (Å²) in [5.41, 5.74) is 5.82. The van der Waals surface area contributed by atoms with Gasteiger partial charge in [-0.05, 0) is 42.5 Å². The summed E-state index contributed by atoms with van der Waals surface area (Å²) in [4.78, 5) is 15.5. The highest BCUT2D eigenvalue weighted by Crippen LogP contribution is 2.29. The maximum absolute atomic E-state index is 13.5. The number of carbonyl (C=O) groups excluding carboxylic acids is 1. The highest BCUT2D eigenvalue weighted by molar-refractivity contribution is 6.01. The van der Waals surface area contributed by atoms with Crippen molar-refractivity contribution >= 4 is 16.8 Å². The first kappa shape index (κ1) is 16.9. The standard InChI is InChI=1S/C23H26N2O/c1-3-4-14-25-21-12-8-7-11-20(21)17(2)22(25)23(26)24-15-13-18-9-5-6-10-19(18)16-24/h5-12H,3-4,13-16H2,1-2H3. The first-order valence-electron chi connectivity index (χ1n) is 9.64. The fourth-order valence-electron chi connectivity index (χ4n) is 4.12. The molecule has 3 nitrogen and oxygen atoms in total. The summed E-state index contributed by atoms with van der Waals surface area (Å²) in [5, 5.41) is 1.20. The van der Waals surface area contributed by atoms with Crippen molar-refractivity contribution < 1.29 is 4.79 Å². The molecule has 0 fully saturated rings. The van der Waals surface area contributed by atoms with Crippen LogP contribution in [0.1, 0.15) is 46.9 Å². The molecule has 0 bridgehead atoms. The van der Waals surface area contributed by atoms with Gasteiger partial charge in [0, 0.05) is 30.5 Å². The predicted molar refractivity (Wildman–Crippen MR) is 106 cm³/mol. The molecule has 1 aliphatic rings. The maximum atomic E-state index is 13.5. The van der Waals surface area contributed by atoms with E-state index < -0.39 is 0 Å². The third-order valence-corrected chi connectivity index (χ3v) is 5.58. The zero-order valence-electron chi connectivity index (χ0n) is 15.7. The van der Waals surface area contributed by atoms with E-state index in [-0.39, 0.29) is 5.91 Å². The number of rotatable bonds is 4. The summed E-state index contributed by atoms with van der Waals surface area (Å²) in [6.45, 7) is 6.70. The molecule has 1 aromatic heterocycles. The quantitative estimate of drug-likeness (QED) is 0.656. The first-order valence-corrected chi connectivity index (χ1v) is 9.64. The van der Waals surface area contributed by atoms with Crippen molar-refractivity contribution in [3.8, 4) is 0 Å². The highest BCUT2D eigenvalue weighted by Gasteiger charge is 2.27. The number of nitrogens with zero attached hydrogens (tertiary/aromatic N) is 2. The van der Waals surface area contributed by atoms with E-state index in [1.807, 2.05) is 4.90 Å². The Labute approximate surface area is 155 Å². The van der Waals surface area contributed by atoms with Crippen LogP contribution < -0.4 is 0 Å². The van der Waals surface area contributed by atoms with Gasteiger partial charge < -0.3 is 9.47 Å². The van der Waals surface area contributed by atoms with Crippen molar-refractivity contribution in [1.82, 2.24) is 9.47 Å². The topological polar surface area (TPSA) is 25.2 Å². The van der Waals surface area contributed by atoms with E-state index >= 15 is 0 Å². The molecule has 2 heterocycles. The van der Waals surface area contributed by atoms with Gasteiger partial charge in [0.05, 0.1) is 0 Å². The van der Waals surface area contributed by atoms with Crippen molar-refractivity contribution in [2.75, 3.05) is 6.54 Å². The normalized spacial score (nSPS) is 13.8. The first-order chi connectivity index (χ1) is 12.7. The molecule has 0 atom stereocenters. The summed E-state index contributed by atoms with van der Waals surface area (Å²) >= 11 is 0. The van der Waals surface area contributed by atoms with Gasteiger partial charge in [-0.25, -0.2) is 0 Å². The van der Waals surface area contributed by atoms with Crippen LogP contribution in [0.5, 0.6) is 0 Å². The van der Waals surface area contributed by atoms with E-state index in [9.17, 15) is 4.79 Å². The minimum absolute atomic E-state index is 0.171. The highest BCUT2D eigenvalue weighted by atomic mass is 16.2. The minimum Gasteiger partial charge on any atom is -0.336 e. The molecular weight excluding hydrogens is 320 g/mol. The molecule has 26 heavy (non-hydrogen) atoms. The van der Waals surface area contributed by atoms with Crippen LogP contribution in [0.4, 0.5) is 0 Å². The Balaban J connectivity index is 1.74. The lowest BCUT2D eigenvalue weighted by Crippen LogP contribution is -2.37. The molecule has 4 rings (SSSR count). The van der Waals surface area contributed by atoms with Gasteiger partial charge in [0.1, 0.15) is 5.69 Å². The number of benzene rings is 2. The lowest BCUT2D eigenvalue weighted by atomic mass is 9.99. The molecule has 0 N–H and O–H groups in total. The van der Waals surface area contributed by atoms with Gasteiger partial charge in [-0.3, -0.25) is 4.79 Å². The third-order valence-electron chi connectivity index (χ3n) is 5.58. The summed E-state index contributed by atoms with van der Waals surface area (Å²) in [5.74, 6) is 0.171. The summed E-state index contributed by atoms with van der Waals surface area (Å²) in [6.07, 6.45) is 3.15. The Morgan fingerprint density at radius 2 is 1.77 bits per heavy atom. The van der Waals surface area contributed by atoms with E-state index in [4.69, 9.17) is 0 Å². The summed E-state index contributed by atoms with van der Waals surface area (Å²) in [6, 6.07) is 16.9. The van der Waals surface area contributed by atoms with Crippen LogP contribution in [0.15, 0.2) is 48.5 Å². The van der Waals surface area contributed by atoms with Crippen LogP contribution in [-0.2, 0) is 19.5 Å². The number of amides is 1. The Bertz CT molecular complexity index is 954. The van der Waals surface area contributed by atoms with Gasteiger partial charge in [-0.2, -0.15) is 0 Å². The number of fused-ring (bicyclic) bond motifs is 2. The number of unbranched alkanes of at least 4 members (excludes halogenated alkanes) is 1. The minimum atomic E-state index is 0.171. The zero-order chi connectivity index (χ0) is 18.1. The average molecular weight is 346 g/mol. The number of hydrogen-bond donors (Lipinski definition) is 0. The SMILES string of the molecule is CCCCn1c(C(=O)N2CCc3ccccc3C2)c(C)c2ccccc21. The fraction of sp³-hybridized carbons (Fsp3) is 0.348. The smallest absolute Gasteiger partial charge is 0.271 e. The number of aromatic nitrogens is 1. The Kier molecular flexibility index (Phi) is 4.54. The molecular formula is C23H26N2O. The molecule has 134 valence electrons. The molecule has 0 unspecified atom stereocenters. The second kappa shape index (κ2) is 6.99. The molecule has 1 aliphatic heterocycles. The van der Waals surface area contributed by atoms with Crippen molar-refractivity contribution in [2.45, 2.75) is 46.2 Å². The van der Waals surface area contributed by atoms with Crippen molar-refractivity contribution in [3.63, 3.8) is 0 Å². The second-order valence-corrected chi connectivity index (χ2v) is 7.24. The Hall–Kier alpha value is -2.55. The molecule has 0 saturated carbocycles. The van der Waals surface area contributed by atoms with Crippen LogP contribution in [0.2, 0.25) is 0 Å². The maximum Gasteiger partial charge on any atom is 0.271 e. The zero-order valence-corrected chi connectivity index (χ0v) is 15.7. The van der Waals surface area contributed by atoms with E-state index in [0.717, 1.165) is 43.6 Å². The number of para-hydroxylation sites is 1. The van der Waals surface area contributed by atoms with E-state index in [0.29, 0.717) is 6.54 Å². The third kappa shape index (κ3) is 2.82. The molecule has 0 spiro atoms. The molecule has 1 amide bonds. The van der Waals surface area contributed by atoms with Crippen LogP contribution in [0.25, 0.3) is 10.9 Å². The molecule has 3 aromatic rings. The number of aryl methyl sites for hydroxylation is 2. The van der Waals surface area contributed by atoms with Crippen LogP contribution in [0.3, 0.4) is 0 Å². The van der Waals surface area contributed by atoms with E-state index in [2.05, 4.69) is 66.9 Å². The average Bonchev–Trinajstić information content (AvgIpc) is 2.97. The molecule has 0 aliphatic carbocycles. The van der Waals surface area contributed by atoms with E-state index in [1.165, 1.54) is 22.0 Å². The second-order valence-electron chi connectivity index (χ2n) is 7.24. The van der Waals surface area contributed by atoms with Crippen molar-refractivity contribution in [2.24, 2.45) is 0 Å². The Morgan fingerprint density at radius 3 is 2.58 bits per heavy atom. The van der Waals surface area contributed by atoms with Crippen LogP contribution in [-0.4, -0.2) is 21.9 Å². The number of hydrogen-bond acceptors (Lipinski definition) is 1. The molecule has 0 saturated heterocycles. The van der Waals surface area contributed by atoms with Crippen molar-refractivity contribution in [1.29, 1.82) is 0 Å². The van der Waals surface area contributed by atoms with Gasteiger partial charge in [-0.15, -0.1) is 0 Å². The van der Waals surface area contributed by atoms with Gasteiger partial charge >= 0.3 is 0 Å². The lowest BCUT2D eigenvalue weighted by molar-refractivity contribution is 0.0723. The number of carbonyl (C=O) groups is 1. The lowest BCUT2D eigenvalue weighted by Gasteiger charge is -2.29. The predicted octanol–water partition coefficient (Wildman–Crippen LogP) is 4.95. The monoisotopic (exact) mass is 346 g/mol.